The number of fused-ring (bicyclic) bond motifs is 1. The molecule has 8 heteroatoms. The van der Waals surface area contributed by atoms with Crippen molar-refractivity contribution in [2.45, 2.75) is 44.9 Å². The zero-order chi connectivity index (χ0) is 22.3. The number of methoxy groups -OCH3 is 1. The Balaban J connectivity index is 1.46. The molecule has 2 atom stereocenters. The van der Waals surface area contributed by atoms with Crippen molar-refractivity contribution in [3.63, 3.8) is 0 Å². The smallest absolute Gasteiger partial charge is 0.433 e. The van der Waals surface area contributed by atoms with Gasteiger partial charge in [-0.2, -0.15) is 13.2 Å². The summed E-state index contributed by atoms with van der Waals surface area (Å²) in [5.74, 6) is 0.622. The number of piperazine rings is 1. The van der Waals surface area contributed by atoms with Crippen LogP contribution in [0.1, 0.15) is 51.6 Å². The molecular formula is C23H26F3N3O2. The number of pyridine rings is 1. The van der Waals surface area contributed by atoms with Crippen LogP contribution in [0.25, 0.3) is 0 Å². The Morgan fingerprint density at radius 3 is 2.52 bits per heavy atom. The second-order valence-electron chi connectivity index (χ2n) is 8.27. The maximum Gasteiger partial charge on any atom is 0.433 e. The molecule has 0 N–H and O–H groups in total. The van der Waals surface area contributed by atoms with E-state index in [0.29, 0.717) is 19.1 Å². The summed E-state index contributed by atoms with van der Waals surface area (Å²) in [7, 11) is 1.68. The van der Waals surface area contributed by atoms with E-state index in [1.165, 1.54) is 17.2 Å². The summed E-state index contributed by atoms with van der Waals surface area (Å²) in [6.07, 6.45) is -1.49. The summed E-state index contributed by atoms with van der Waals surface area (Å²) in [6, 6.07) is 6.78. The summed E-state index contributed by atoms with van der Waals surface area (Å²) >= 11 is 0. The first-order valence-corrected chi connectivity index (χ1v) is 10.4. The topological polar surface area (TPSA) is 45.7 Å². The maximum atomic E-state index is 12.8. The van der Waals surface area contributed by atoms with Gasteiger partial charge in [0.15, 0.2) is 0 Å². The lowest BCUT2D eigenvalue weighted by molar-refractivity contribution is -0.141. The third kappa shape index (κ3) is 4.01. The molecule has 2 fully saturated rings. The van der Waals surface area contributed by atoms with Gasteiger partial charge in [-0.25, -0.2) is 0 Å². The zero-order valence-corrected chi connectivity index (χ0v) is 17.9. The molecule has 2 aromatic rings. The van der Waals surface area contributed by atoms with E-state index in [1.807, 2.05) is 6.07 Å². The minimum atomic E-state index is -4.51. The average Bonchev–Trinajstić information content (AvgIpc) is 3.17. The highest BCUT2D eigenvalue weighted by Crippen LogP contribution is 2.41. The van der Waals surface area contributed by atoms with Crippen molar-refractivity contribution >= 4 is 5.91 Å². The monoisotopic (exact) mass is 433 g/mol. The van der Waals surface area contributed by atoms with Crippen molar-refractivity contribution in [1.82, 2.24) is 14.8 Å². The van der Waals surface area contributed by atoms with Crippen LogP contribution in [0.15, 0.2) is 30.5 Å². The number of carbonyl (C=O) groups is 1. The molecule has 31 heavy (non-hydrogen) atoms. The quantitative estimate of drug-likeness (QED) is 0.721. The van der Waals surface area contributed by atoms with Crippen molar-refractivity contribution in [2.24, 2.45) is 0 Å². The molecule has 0 unspecified atom stereocenters. The first-order chi connectivity index (χ1) is 14.7. The Bertz CT molecular complexity index is 975. The molecular weight excluding hydrogens is 407 g/mol. The van der Waals surface area contributed by atoms with Gasteiger partial charge in [0.1, 0.15) is 11.4 Å². The Morgan fingerprint density at radius 2 is 1.87 bits per heavy atom. The van der Waals surface area contributed by atoms with Crippen molar-refractivity contribution in [3.05, 3.63) is 58.4 Å². The molecule has 0 saturated carbocycles. The van der Waals surface area contributed by atoms with Gasteiger partial charge in [-0.1, -0.05) is 6.07 Å². The number of ether oxygens (including phenoxy) is 1. The van der Waals surface area contributed by atoms with E-state index < -0.39 is 11.9 Å². The van der Waals surface area contributed by atoms with Gasteiger partial charge >= 0.3 is 6.18 Å². The summed E-state index contributed by atoms with van der Waals surface area (Å²) < 4.78 is 43.6. The van der Waals surface area contributed by atoms with Gasteiger partial charge in [0, 0.05) is 37.9 Å². The molecule has 1 amide bonds. The van der Waals surface area contributed by atoms with Crippen molar-refractivity contribution in [1.29, 1.82) is 0 Å². The molecule has 3 heterocycles. The van der Waals surface area contributed by atoms with E-state index >= 15 is 0 Å². The number of hydrogen-bond acceptors (Lipinski definition) is 4. The number of aromatic nitrogens is 1. The van der Waals surface area contributed by atoms with Gasteiger partial charge in [-0.3, -0.25) is 14.7 Å². The van der Waals surface area contributed by atoms with Crippen molar-refractivity contribution in [2.75, 3.05) is 26.7 Å². The first-order valence-electron chi connectivity index (χ1n) is 10.4. The number of rotatable bonds is 3. The van der Waals surface area contributed by atoms with E-state index in [-0.39, 0.29) is 17.5 Å². The SMILES string of the molecule is COc1ccc([C@H]2CC[C@H]3CN(C(=O)c4ccc(C(F)(F)F)nc4)CCN32)c(C)c1C. The Kier molecular flexibility index (Phi) is 5.68. The number of benzene rings is 1. The molecule has 4 rings (SSSR count). The third-order valence-electron chi connectivity index (χ3n) is 6.65. The van der Waals surface area contributed by atoms with E-state index in [1.54, 1.807) is 12.0 Å². The highest BCUT2D eigenvalue weighted by atomic mass is 19.4. The van der Waals surface area contributed by atoms with Crippen LogP contribution in [0.2, 0.25) is 0 Å². The Hall–Kier alpha value is -2.61. The van der Waals surface area contributed by atoms with Gasteiger partial charge in [-0.05, 0) is 61.6 Å². The molecule has 2 aliphatic heterocycles. The fraction of sp³-hybridized carbons (Fsp3) is 0.478. The molecule has 166 valence electrons. The lowest BCUT2D eigenvalue weighted by Crippen LogP contribution is -2.52. The molecule has 1 aromatic carbocycles. The molecule has 2 saturated heterocycles. The van der Waals surface area contributed by atoms with Crippen molar-refractivity contribution < 1.29 is 22.7 Å². The molecule has 0 aliphatic carbocycles. The number of alkyl halides is 3. The Labute approximate surface area is 179 Å². The zero-order valence-electron chi connectivity index (χ0n) is 17.9. The second-order valence-corrected chi connectivity index (χ2v) is 8.27. The fourth-order valence-electron chi connectivity index (χ4n) is 4.84. The van der Waals surface area contributed by atoms with Crippen LogP contribution in [0.4, 0.5) is 13.2 Å². The number of halogens is 3. The number of nitrogens with zero attached hydrogens (tertiary/aromatic N) is 3. The van der Waals surface area contributed by atoms with E-state index in [2.05, 4.69) is 29.8 Å². The number of carbonyl (C=O) groups excluding carboxylic acids is 1. The minimum Gasteiger partial charge on any atom is -0.496 e. The van der Waals surface area contributed by atoms with Crippen LogP contribution in [0.5, 0.6) is 5.75 Å². The van der Waals surface area contributed by atoms with Gasteiger partial charge in [0.2, 0.25) is 0 Å². The van der Waals surface area contributed by atoms with Crippen LogP contribution in [-0.2, 0) is 6.18 Å². The number of hydrogen-bond donors (Lipinski definition) is 0. The van der Waals surface area contributed by atoms with E-state index in [0.717, 1.165) is 43.0 Å². The average molecular weight is 433 g/mol. The van der Waals surface area contributed by atoms with Crippen LogP contribution < -0.4 is 4.74 Å². The van der Waals surface area contributed by atoms with Crippen LogP contribution in [0, 0.1) is 13.8 Å². The molecule has 1 aromatic heterocycles. The molecule has 2 aliphatic rings. The standard InChI is InChI=1S/C23H26F3N3O2/c1-14-15(2)20(31-3)8-6-18(14)19-7-5-17-13-28(10-11-29(17)19)22(30)16-4-9-21(27-12-16)23(24,25)26/h4,6,8-9,12,17,19H,5,7,10-11,13H2,1-3H3/t17-,19+/m0/s1. The Morgan fingerprint density at radius 1 is 1.10 bits per heavy atom. The summed E-state index contributed by atoms with van der Waals surface area (Å²) in [4.78, 5) is 20.5. The summed E-state index contributed by atoms with van der Waals surface area (Å²) in [5.41, 5.74) is 2.88. The first kappa shape index (κ1) is 21.6. The van der Waals surface area contributed by atoms with Crippen LogP contribution >= 0.6 is 0 Å². The summed E-state index contributed by atoms with van der Waals surface area (Å²) in [5, 5.41) is 0. The van der Waals surface area contributed by atoms with Crippen LogP contribution in [0.3, 0.4) is 0 Å². The van der Waals surface area contributed by atoms with Gasteiger partial charge in [0.25, 0.3) is 5.91 Å². The van der Waals surface area contributed by atoms with Gasteiger partial charge in [0.05, 0.1) is 12.7 Å². The fourth-order valence-corrected chi connectivity index (χ4v) is 4.84. The third-order valence-corrected chi connectivity index (χ3v) is 6.65. The predicted molar refractivity (Wildman–Crippen MR) is 110 cm³/mol. The normalized spacial score (nSPS) is 21.8. The maximum absolute atomic E-state index is 12.8. The molecule has 0 spiro atoms. The predicted octanol–water partition coefficient (Wildman–Crippen LogP) is 4.39. The van der Waals surface area contributed by atoms with Gasteiger partial charge < -0.3 is 9.64 Å². The van der Waals surface area contributed by atoms with Gasteiger partial charge in [-0.15, -0.1) is 0 Å². The summed E-state index contributed by atoms with van der Waals surface area (Å²) in [6.45, 7) is 6.04. The molecule has 5 nitrogen and oxygen atoms in total. The van der Waals surface area contributed by atoms with E-state index in [9.17, 15) is 18.0 Å². The highest BCUT2D eigenvalue weighted by molar-refractivity contribution is 5.94. The lowest BCUT2D eigenvalue weighted by atomic mass is 9.95. The lowest BCUT2D eigenvalue weighted by Gasteiger charge is -2.40. The van der Waals surface area contributed by atoms with Crippen molar-refractivity contribution in [3.8, 4) is 5.75 Å². The highest BCUT2D eigenvalue weighted by Gasteiger charge is 2.40. The van der Waals surface area contributed by atoms with Crippen LogP contribution in [-0.4, -0.2) is 53.5 Å². The molecule has 0 bridgehead atoms. The molecule has 0 radical (unpaired) electrons. The second kappa shape index (κ2) is 8.15. The largest absolute Gasteiger partial charge is 0.496 e. The number of amides is 1. The minimum absolute atomic E-state index is 0.192. The van der Waals surface area contributed by atoms with E-state index in [4.69, 9.17) is 4.74 Å².